The van der Waals surface area contributed by atoms with E-state index in [9.17, 15) is 4.79 Å². The predicted octanol–water partition coefficient (Wildman–Crippen LogP) is 4.02. The van der Waals surface area contributed by atoms with Crippen molar-refractivity contribution in [2.75, 3.05) is 11.9 Å². The highest BCUT2D eigenvalue weighted by atomic mass is 16.5. The van der Waals surface area contributed by atoms with Crippen LogP contribution in [-0.2, 0) is 0 Å². The van der Waals surface area contributed by atoms with Crippen LogP contribution in [0.25, 0.3) is 11.3 Å². The van der Waals surface area contributed by atoms with E-state index in [2.05, 4.69) is 29.1 Å². The van der Waals surface area contributed by atoms with Gasteiger partial charge < -0.3 is 14.5 Å². The number of carbonyl (C=O) groups excluding carboxylic acids is 1. The van der Waals surface area contributed by atoms with Crippen LogP contribution in [0.2, 0.25) is 0 Å². The standard InChI is InChI=1S/C19H19N3O3/c1-13(2)11-24-18-8-7-16(9-21-18)22-19(23)15-5-3-14(4-6-15)17-10-20-12-25-17/h3-10,12-13H,11H2,1-2H3,(H,22,23). The minimum Gasteiger partial charge on any atom is -0.477 e. The molecule has 0 fully saturated rings. The van der Waals surface area contributed by atoms with E-state index in [0.29, 0.717) is 35.4 Å². The van der Waals surface area contributed by atoms with Crippen LogP contribution in [-0.4, -0.2) is 22.5 Å². The Balaban J connectivity index is 1.62. The number of amides is 1. The lowest BCUT2D eigenvalue weighted by Crippen LogP contribution is -2.12. The highest BCUT2D eigenvalue weighted by Gasteiger charge is 2.08. The fourth-order valence-electron chi connectivity index (χ4n) is 2.14. The summed E-state index contributed by atoms with van der Waals surface area (Å²) in [5, 5.41) is 2.81. The van der Waals surface area contributed by atoms with Gasteiger partial charge in [-0.15, -0.1) is 0 Å². The maximum absolute atomic E-state index is 12.3. The summed E-state index contributed by atoms with van der Waals surface area (Å²) >= 11 is 0. The molecule has 2 heterocycles. The highest BCUT2D eigenvalue weighted by Crippen LogP contribution is 2.19. The number of carbonyl (C=O) groups is 1. The van der Waals surface area contributed by atoms with Crippen LogP contribution in [0.3, 0.4) is 0 Å². The molecule has 0 aliphatic carbocycles. The average Bonchev–Trinajstić information content (AvgIpc) is 3.16. The van der Waals surface area contributed by atoms with Gasteiger partial charge in [-0.3, -0.25) is 4.79 Å². The molecule has 128 valence electrons. The molecule has 2 aromatic heterocycles. The number of hydrogen-bond donors (Lipinski definition) is 1. The van der Waals surface area contributed by atoms with E-state index in [4.69, 9.17) is 9.15 Å². The first kappa shape index (κ1) is 16.7. The Kier molecular flexibility index (Phi) is 5.09. The molecule has 0 unspecified atom stereocenters. The molecular weight excluding hydrogens is 318 g/mol. The summed E-state index contributed by atoms with van der Waals surface area (Å²) in [5.74, 6) is 1.43. The van der Waals surface area contributed by atoms with Crippen molar-refractivity contribution in [2.45, 2.75) is 13.8 Å². The van der Waals surface area contributed by atoms with Gasteiger partial charge in [-0.2, -0.15) is 0 Å². The van der Waals surface area contributed by atoms with Crippen molar-refractivity contribution in [1.82, 2.24) is 9.97 Å². The van der Waals surface area contributed by atoms with Gasteiger partial charge in [-0.1, -0.05) is 26.0 Å². The van der Waals surface area contributed by atoms with E-state index in [0.717, 1.165) is 5.56 Å². The summed E-state index contributed by atoms with van der Waals surface area (Å²) in [6, 6.07) is 10.6. The summed E-state index contributed by atoms with van der Waals surface area (Å²) in [4.78, 5) is 20.4. The molecule has 3 aromatic rings. The number of nitrogens with one attached hydrogen (secondary N) is 1. The molecule has 1 N–H and O–H groups in total. The van der Waals surface area contributed by atoms with Gasteiger partial charge in [0, 0.05) is 17.2 Å². The van der Waals surface area contributed by atoms with Crippen LogP contribution in [0.15, 0.2) is 59.6 Å². The fraction of sp³-hybridized carbons (Fsp3) is 0.211. The van der Waals surface area contributed by atoms with Crippen molar-refractivity contribution in [2.24, 2.45) is 5.92 Å². The van der Waals surface area contributed by atoms with Gasteiger partial charge in [0.2, 0.25) is 5.88 Å². The van der Waals surface area contributed by atoms with E-state index >= 15 is 0 Å². The lowest BCUT2D eigenvalue weighted by Gasteiger charge is -2.09. The number of nitrogens with zero attached hydrogens (tertiary/aromatic N) is 2. The lowest BCUT2D eigenvalue weighted by molar-refractivity contribution is 0.102. The zero-order chi connectivity index (χ0) is 17.6. The van der Waals surface area contributed by atoms with Crippen molar-refractivity contribution >= 4 is 11.6 Å². The number of benzene rings is 1. The lowest BCUT2D eigenvalue weighted by atomic mass is 10.1. The third-order valence-corrected chi connectivity index (χ3v) is 3.42. The molecule has 0 aliphatic rings. The van der Waals surface area contributed by atoms with Gasteiger partial charge in [0.1, 0.15) is 0 Å². The first-order valence-electron chi connectivity index (χ1n) is 8.01. The van der Waals surface area contributed by atoms with Gasteiger partial charge in [-0.25, -0.2) is 9.97 Å². The van der Waals surface area contributed by atoms with E-state index in [1.165, 1.54) is 6.39 Å². The van der Waals surface area contributed by atoms with E-state index in [1.807, 2.05) is 12.1 Å². The topological polar surface area (TPSA) is 77.2 Å². The van der Waals surface area contributed by atoms with Crippen molar-refractivity contribution in [3.63, 3.8) is 0 Å². The highest BCUT2D eigenvalue weighted by molar-refractivity contribution is 6.04. The second kappa shape index (κ2) is 7.61. The zero-order valence-electron chi connectivity index (χ0n) is 14.1. The zero-order valence-corrected chi connectivity index (χ0v) is 14.1. The SMILES string of the molecule is CC(C)COc1ccc(NC(=O)c2ccc(-c3cnco3)cc2)cn1. The van der Waals surface area contributed by atoms with Crippen LogP contribution in [0.4, 0.5) is 5.69 Å². The van der Waals surface area contributed by atoms with Crippen molar-refractivity contribution in [3.05, 3.63) is 60.7 Å². The average molecular weight is 337 g/mol. The quantitative estimate of drug-likeness (QED) is 0.735. The van der Waals surface area contributed by atoms with Crippen LogP contribution in [0, 0.1) is 5.92 Å². The molecule has 3 rings (SSSR count). The summed E-state index contributed by atoms with van der Waals surface area (Å²) in [7, 11) is 0. The Labute approximate surface area is 145 Å². The molecule has 0 atom stereocenters. The van der Waals surface area contributed by atoms with Crippen LogP contribution in [0.5, 0.6) is 5.88 Å². The Morgan fingerprint density at radius 1 is 1.16 bits per heavy atom. The minimum atomic E-state index is -0.207. The van der Waals surface area contributed by atoms with Gasteiger partial charge in [0.15, 0.2) is 12.2 Å². The van der Waals surface area contributed by atoms with Crippen LogP contribution >= 0.6 is 0 Å². The number of aromatic nitrogens is 2. The molecule has 0 saturated heterocycles. The van der Waals surface area contributed by atoms with Crippen molar-refractivity contribution in [3.8, 4) is 17.2 Å². The van der Waals surface area contributed by atoms with Gasteiger partial charge in [0.25, 0.3) is 5.91 Å². The maximum Gasteiger partial charge on any atom is 0.255 e. The summed E-state index contributed by atoms with van der Waals surface area (Å²) < 4.78 is 10.8. The minimum absolute atomic E-state index is 0.207. The molecule has 0 saturated carbocycles. The third-order valence-electron chi connectivity index (χ3n) is 3.42. The molecule has 1 aromatic carbocycles. The third kappa shape index (κ3) is 4.44. The normalized spacial score (nSPS) is 10.7. The number of anilines is 1. The van der Waals surface area contributed by atoms with E-state index < -0.39 is 0 Å². The molecule has 25 heavy (non-hydrogen) atoms. The largest absolute Gasteiger partial charge is 0.477 e. The summed E-state index contributed by atoms with van der Waals surface area (Å²) in [6.07, 6.45) is 4.58. The number of oxazole rings is 1. The second-order valence-corrected chi connectivity index (χ2v) is 5.99. The van der Waals surface area contributed by atoms with Crippen LogP contribution in [0.1, 0.15) is 24.2 Å². The Hall–Kier alpha value is -3.15. The molecule has 6 nitrogen and oxygen atoms in total. The predicted molar refractivity (Wildman–Crippen MR) is 94.5 cm³/mol. The first-order chi connectivity index (χ1) is 12.1. The Bertz CT molecular complexity index is 810. The number of rotatable bonds is 6. The summed E-state index contributed by atoms with van der Waals surface area (Å²) in [6.45, 7) is 4.75. The molecule has 6 heteroatoms. The number of hydrogen-bond acceptors (Lipinski definition) is 5. The van der Waals surface area contributed by atoms with Gasteiger partial charge >= 0.3 is 0 Å². The van der Waals surface area contributed by atoms with E-state index in [-0.39, 0.29) is 5.91 Å². The van der Waals surface area contributed by atoms with Crippen molar-refractivity contribution in [1.29, 1.82) is 0 Å². The Morgan fingerprint density at radius 2 is 1.96 bits per heavy atom. The second-order valence-electron chi connectivity index (χ2n) is 5.99. The summed E-state index contributed by atoms with van der Waals surface area (Å²) in [5.41, 5.74) is 2.02. The molecule has 0 bridgehead atoms. The smallest absolute Gasteiger partial charge is 0.255 e. The molecule has 0 aliphatic heterocycles. The van der Waals surface area contributed by atoms with Crippen molar-refractivity contribution < 1.29 is 13.9 Å². The number of ether oxygens (including phenoxy) is 1. The van der Waals surface area contributed by atoms with E-state index in [1.54, 1.807) is 36.7 Å². The molecule has 1 amide bonds. The van der Waals surface area contributed by atoms with Gasteiger partial charge in [0.05, 0.1) is 24.7 Å². The fourth-order valence-corrected chi connectivity index (χ4v) is 2.14. The van der Waals surface area contributed by atoms with Crippen LogP contribution < -0.4 is 10.1 Å². The maximum atomic E-state index is 12.3. The number of pyridine rings is 1. The van der Waals surface area contributed by atoms with Gasteiger partial charge in [-0.05, 0) is 24.1 Å². The molecule has 0 radical (unpaired) electrons. The molecule has 0 spiro atoms. The monoisotopic (exact) mass is 337 g/mol. The molecular formula is C19H19N3O3. The Morgan fingerprint density at radius 3 is 2.56 bits per heavy atom. The first-order valence-corrected chi connectivity index (χ1v) is 8.01.